The van der Waals surface area contributed by atoms with Crippen LogP contribution in [0.25, 0.3) is 0 Å². The molecule has 1 amide bonds. The van der Waals surface area contributed by atoms with Gasteiger partial charge in [0.2, 0.25) is 5.91 Å². The van der Waals surface area contributed by atoms with Crippen molar-refractivity contribution in [1.82, 2.24) is 20.3 Å². The summed E-state index contributed by atoms with van der Waals surface area (Å²) in [6.07, 6.45) is 1.64. The largest absolute Gasteiger partial charge is 0.349 e. The molecule has 0 aliphatic carbocycles. The fourth-order valence-electron chi connectivity index (χ4n) is 1.63. The van der Waals surface area contributed by atoms with Crippen molar-refractivity contribution in [2.45, 2.75) is 68.5 Å². The fraction of sp³-hybridized carbons (Fsp3) is 0.565. The standard InChI is InChI=1S/C10H17N5O2.C7H8.C4H10.C2H6.2H2/c1-7(2)9(16)6-15-5-8(13-14-15)4-12-10(17)3-11;1-7-5-3-2-4-6-7;1-4(2)3;1-2;;/h5,7H,3-4,6,11H2,1-2H3,(H,12,17);2-6H,1H3;4H,1-3H3;1-2H3;2*1H. The van der Waals surface area contributed by atoms with Crippen LogP contribution in [-0.2, 0) is 22.7 Å². The Balaban J connectivity index is -0.000000218. The molecule has 1 heterocycles. The van der Waals surface area contributed by atoms with Gasteiger partial charge in [0.15, 0.2) is 5.78 Å². The molecule has 174 valence electrons. The number of ketones is 1. The molecule has 0 saturated carbocycles. The molecule has 0 bridgehead atoms. The maximum atomic E-state index is 11.5. The van der Waals surface area contributed by atoms with Crippen molar-refractivity contribution >= 4 is 11.7 Å². The Morgan fingerprint density at radius 3 is 2.03 bits per heavy atom. The average Bonchev–Trinajstić information content (AvgIpc) is 3.15. The Kier molecular flexibility index (Phi) is 18.3. The SMILES string of the molecule is CC.CC(C)C.CC(C)C(=O)Cn1cc(CNC(=O)CN)nn1.Cc1ccccc1.[HH].[HH]. The van der Waals surface area contributed by atoms with Crippen LogP contribution < -0.4 is 11.1 Å². The van der Waals surface area contributed by atoms with Crippen molar-refractivity contribution in [3.05, 3.63) is 47.8 Å². The normalized spacial score (nSPS) is 9.43. The van der Waals surface area contributed by atoms with Gasteiger partial charge in [0, 0.05) is 8.77 Å². The molecular formula is C23H45N5O2. The quantitative estimate of drug-likeness (QED) is 0.723. The lowest BCUT2D eigenvalue weighted by molar-refractivity contribution is -0.122. The van der Waals surface area contributed by atoms with Crippen LogP contribution in [0.3, 0.4) is 0 Å². The van der Waals surface area contributed by atoms with E-state index in [-0.39, 0.29) is 40.1 Å². The van der Waals surface area contributed by atoms with E-state index in [9.17, 15) is 9.59 Å². The van der Waals surface area contributed by atoms with Crippen LogP contribution in [0.1, 0.15) is 62.6 Å². The minimum absolute atomic E-state index is 0. The molecule has 1 aromatic carbocycles. The number of aromatic nitrogens is 3. The van der Waals surface area contributed by atoms with E-state index in [1.807, 2.05) is 45.9 Å². The van der Waals surface area contributed by atoms with Crippen LogP contribution in [0, 0.1) is 18.8 Å². The second kappa shape index (κ2) is 18.5. The molecule has 0 aliphatic heterocycles. The number of aryl methyl sites for hydroxylation is 1. The summed E-state index contributed by atoms with van der Waals surface area (Å²) in [5, 5.41) is 10.2. The first-order valence-electron chi connectivity index (χ1n) is 10.6. The number of benzene rings is 1. The van der Waals surface area contributed by atoms with Crippen molar-refractivity contribution in [2.24, 2.45) is 17.6 Å². The van der Waals surface area contributed by atoms with Crippen molar-refractivity contribution in [3.8, 4) is 0 Å². The van der Waals surface area contributed by atoms with Gasteiger partial charge < -0.3 is 11.1 Å². The van der Waals surface area contributed by atoms with Crippen molar-refractivity contribution in [1.29, 1.82) is 0 Å². The lowest BCUT2D eigenvalue weighted by atomic mass is 10.1. The van der Waals surface area contributed by atoms with E-state index in [0.29, 0.717) is 5.69 Å². The number of rotatable bonds is 6. The molecule has 0 fully saturated rings. The average molecular weight is 424 g/mol. The van der Waals surface area contributed by atoms with E-state index in [1.165, 1.54) is 10.2 Å². The Labute approximate surface area is 185 Å². The second-order valence-electron chi connectivity index (χ2n) is 7.40. The van der Waals surface area contributed by atoms with E-state index in [0.717, 1.165) is 5.92 Å². The minimum atomic E-state index is -0.252. The van der Waals surface area contributed by atoms with Crippen LogP contribution in [-0.4, -0.2) is 33.2 Å². The third kappa shape index (κ3) is 17.6. The van der Waals surface area contributed by atoms with Gasteiger partial charge in [-0.2, -0.15) is 0 Å². The van der Waals surface area contributed by atoms with Crippen molar-refractivity contribution in [3.63, 3.8) is 0 Å². The number of carbonyl (C=O) groups excluding carboxylic acids is 2. The highest BCUT2D eigenvalue weighted by atomic mass is 16.1. The second-order valence-corrected chi connectivity index (χ2v) is 7.40. The summed E-state index contributed by atoms with van der Waals surface area (Å²) in [5.41, 5.74) is 7.06. The van der Waals surface area contributed by atoms with E-state index >= 15 is 0 Å². The molecule has 0 atom stereocenters. The molecule has 1 aromatic heterocycles. The summed E-state index contributed by atoms with van der Waals surface area (Å²) in [4.78, 5) is 22.4. The number of nitrogens with zero attached hydrogens (tertiary/aromatic N) is 3. The molecule has 2 rings (SSSR count). The van der Waals surface area contributed by atoms with Crippen LogP contribution in [0.2, 0.25) is 0 Å². The van der Waals surface area contributed by atoms with E-state index < -0.39 is 0 Å². The van der Waals surface area contributed by atoms with Gasteiger partial charge in [0.05, 0.1) is 19.3 Å². The molecule has 0 spiro atoms. The predicted octanol–water partition coefficient (Wildman–Crippen LogP) is 4.25. The van der Waals surface area contributed by atoms with Gasteiger partial charge in [0.1, 0.15) is 12.2 Å². The van der Waals surface area contributed by atoms with Gasteiger partial charge in [-0.1, -0.05) is 89.6 Å². The minimum Gasteiger partial charge on any atom is -0.349 e. The van der Waals surface area contributed by atoms with Gasteiger partial charge in [-0.25, -0.2) is 4.68 Å². The van der Waals surface area contributed by atoms with Crippen LogP contribution in [0.15, 0.2) is 36.5 Å². The number of nitrogens with two attached hydrogens (primary N) is 1. The first-order valence-corrected chi connectivity index (χ1v) is 10.6. The van der Waals surface area contributed by atoms with Crippen molar-refractivity contribution < 1.29 is 12.4 Å². The lowest BCUT2D eigenvalue weighted by Crippen LogP contribution is -2.29. The first kappa shape index (κ1) is 29.7. The topological polar surface area (TPSA) is 103 Å². The van der Waals surface area contributed by atoms with Crippen LogP contribution >= 0.6 is 0 Å². The summed E-state index contributed by atoms with van der Waals surface area (Å²) in [5.74, 6) is 0.643. The fourth-order valence-corrected chi connectivity index (χ4v) is 1.63. The van der Waals surface area contributed by atoms with Gasteiger partial charge in [0.25, 0.3) is 0 Å². The molecule has 3 N–H and O–H groups in total. The molecule has 0 unspecified atom stereocenters. The van der Waals surface area contributed by atoms with E-state index in [1.54, 1.807) is 6.20 Å². The highest BCUT2D eigenvalue weighted by Crippen LogP contribution is 1.99. The zero-order valence-electron chi connectivity index (χ0n) is 20.0. The smallest absolute Gasteiger partial charge is 0.234 e. The maximum Gasteiger partial charge on any atom is 0.234 e. The van der Waals surface area contributed by atoms with Crippen LogP contribution in [0.5, 0.6) is 0 Å². The Hall–Kier alpha value is -2.54. The number of carbonyl (C=O) groups is 2. The van der Waals surface area contributed by atoms with E-state index in [2.05, 4.69) is 55.5 Å². The highest BCUT2D eigenvalue weighted by molar-refractivity contribution is 5.80. The zero-order chi connectivity index (χ0) is 23.5. The van der Waals surface area contributed by atoms with E-state index in [4.69, 9.17) is 5.73 Å². The summed E-state index contributed by atoms with van der Waals surface area (Å²) in [6.45, 7) is 16.7. The Morgan fingerprint density at radius 2 is 1.63 bits per heavy atom. The summed E-state index contributed by atoms with van der Waals surface area (Å²) >= 11 is 0. The predicted molar refractivity (Wildman–Crippen MR) is 128 cm³/mol. The molecule has 0 aliphatic rings. The van der Waals surface area contributed by atoms with Gasteiger partial charge in [-0.05, 0) is 12.8 Å². The molecule has 30 heavy (non-hydrogen) atoms. The number of amides is 1. The number of hydrogen-bond donors (Lipinski definition) is 2. The number of Topliss-reactive ketones (excluding diaryl/α,β-unsaturated/α-hetero) is 1. The number of hydrogen-bond acceptors (Lipinski definition) is 5. The molecule has 0 radical (unpaired) electrons. The highest BCUT2D eigenvalue weighted by Gasteiger charge is 2.10. The third-order valence-corrected chi connectivity index (χ3v) is 3.14. The molecular weight excluding hydrogens is 378 g/mol. The Bertz CT molecular complexity index is 690. The van der Waals surface area contributed by atoms with Gasteiger partial charge in [-0.15, -0.1) is 5.10 Å². The summed E-state index contributed by atoms with van der Waals surface area (Å²) in [6, 6.07) is 10.3. The lowest BCUT2D eigenvalue weighted by Gasteiger charge is -2.02. The number of nitrogens with one attached hydrogen (secondary N) is 1. The molecule has 7 heteroatoms. The zero-order valence-corrected chi connectivity index (χ0v) is 20.0. The van der Waals surface area contributed by atoms with Crippen molar-refractivity contribution in [2.75, 3.05) is 6.54 Å². The molecule has 7 nitrogen and oxygen atoms in total. The maximum absolute atomic E-state index is 11.5. The first-order chi connectivity index (χ1) is 14.1. The summed E-state index contributed by atoms with van der Waals surface area (Å²) in [7, 11) is 0. The van der Waals surface area contributed by atoms with Crippen LogP contribution in [0.4, 0.5) is 0 Å². The third-order valence-electron chi connectivity index (χ3n) is 3.14. The van der Waals surface area contributed by atoms with Gasteiger partial charge in [-0.3, -0.25) is 9.59 Å². The Morgan fingerprint density at radius 1 is 1.10 bits per heavy atom. The summed E-state index contributed by atoms with van der Waals surface area (Å²) < 4.78 is 1.46. The molecule has 0 saturated heterocycles. The molecule has 2 aromatic rings. The van der Waals surface area contributed by atoms with Gasteiger partial charge >= 0.3 is 0 Å². The monoisotopic (exact) mass is 423 g/mol.